The van der Waals surface area contributed by atoms with Crippen molar-refractivity contribution in [2.45, 2.75) is 38.9 Å². The number of nitrogens with one attached hydrogen (secondary N) is 3. The summed E-state index contributed by atoms with van der Waals surface area (Å²) in [4.78, 5) is 44.9. The molecule has 0 aliphatic carbocycles. The molecule has 42 heavy (non-hydrogen) atoms. The highest BCUT2D eigenvalue weighted by atomic mass is 19.1. The van der Waals surface area contributed by atoms with Gasteiger partial charge in [-0.3, -0.25) is 14.4 Å². The van der Waals surface area contributed by atoms with Gasteiger partial charge in [-0.25, -0.2) is 8.78 Å². The Bertz CT molecular complexity index is 1620. The van der Waals surface area contributed by atoms with Gasteiger partial charge in [-0.05, 0) is 65.9 Å². The first-order valence-corrected chi connectivity index (χ1v) is 13.7. The molecule has 0 saturated carbocycles. The van der Waals surface area contributed by atoms with Crippen LogP contribution in [0.1, 0.15) is 29.2 Å². The molecule has 3 N–H and O–H groups in total. The molecule has 0 fully saturated rings. The summed E-state index contributed by atoms with van der Waals surface area (Å²) in [7, 11) is 1.61. The van der Waals surface area contributed by atoms with Crippen LogP contribution in [0.4, 0.5) is 8.78 Å². The van der Waals surface area contributed by atoms with E-state index < -0.39 is 35.4 Å². The fourth-order valence-electron chi connectivity index (χ4n) is 5.26. The van der Waals surface area contributed by atoms with E-state index in [1.807, 2.05) is 48.7 Å². The highest BCUT2D eigenvalue weighted by molar-refractivity contribution is 6.01. The highest BCUT2D eigenvalue weighted by Crippen LogP contribution is 2.25. The second-order valence-corrected chi connectivity index (χ2v) is 10.5. The average molecular weight is 575 g/mol. The van der Waals surface area contributed by atoms with Gasteiger partial charge in [0.05, 0.1) is 7.11 Å². The first kappa shape index (κ1) is 28.8. The number of para-hydroxylation sites is 1. The molecule has 0 bridgehead atoms. The van der Waals surface area contributed by atoms with E-state index in [1.54, 1.807) is 12.0 Å². The number of nitrogens with zero attached hydrogens (tertiary/aromatic N) is 1. The number of ether oxygens (including phenoxy) is 1. The third kappa shape index (κ3) is 6.43. The summed E-state index contributed by atoms with van der Waals surface area (Å²) in [5, 5.41) is 6.30. The number of methoxy groups -OCH3 is 1. The first-order valence-electron chi connectivity index (χ1n) is 13.7. The van der Waals surface area contributed by atoms with Crippen molar-refractivity contribution < 1.29 is 27.9 Å². The van der Waals surface area contributed by atoms with Gasteiger partial charge in [-0.2, -0.15) is 0 Å². The number of halogens is 2. The minimum absolute atomic E-state index is 0.152. The number of rotatable bonds is 9. The predicted octanol–water partition coefficient (Wildman–Crippen LogP) is 4.02. The number of hydrogen-bond donors (Lipinski definition) is 3. The number of amides is 3. The van der Waals surface area contributed by atoms with E-state index in [9.17, 15) is 23.2 Å². The maximum Gasteiger partial charge on any atom is 0.245 e. The summed E-state index contributed by atoms with van der Waals surface area (Å²) in [6, 6.07) is 15.5. The van der Waals surface area contributed by atoms with Gasteiger partial charge in [0.1, 0.15) is 29.3 Å². The van der Waals surface area contributed by atoms with Gasteiger partial charge in [-0.15, -0.1) is 0 Å². The minimum atomic E-state index is -1.16. The Kier molecular flexibility index (Phi) is 8.51. The molecule has 8 nitrogen and oxygen atoms in total. The highest BCUT2D eigenvalue weighted by Gasteiger charge is 2.32. The second kappa shape index (κ2) is 12.4. The average Bonchev–Trinajstić information content (AvgIpc) is 3.40. The lowest BCUT2D eigenvalue weighted by molar-refractivity contribution is -0.140. The summed E-state index contributed by atoms with van der Waals surface area (Å²) in [6.45, 7) is 2.13. The lowest BCUT2D eigenvalue weighted by atomic mass is 9.97. The molecule has 0 spiro atoms. The Morgan fingerprint density at radius 1 is 1.00 bits per heavy atom. The van der Waals surface area contributed by atoms with Crippen LogP contribution in [0.2, 0.25) is 0 Å². The van der Waals surface area contributed by atoms with Crippen LogP contribution in [0.3, 0.4) is 0 Å². The third-order valence-electron chi connectivity index (χ3n) is 7.63. The molecule has 5 rings (SSSR count). The van der Waals surface area contributed by atoms with Crippen LogP contribution in [0, 0.1) is 17.6 Å². The van der Waals surface area contributed by atoms with E-state index in [0.717, 1.165) is 51.5 Å². The van der Waals surface area contributed by atoms with Crippen molar-refractivity contribution in [3.63, 3.8) is 0 Å². The lowest BCUT2D eigenvalue weighted by Crippen LogP contribution is -2.53. The molecule has 0 radical (unpaired) electrons. The molecule has 3 amide bonds. The molecule has 2 atom stereocenters. The van der Waals surface area contributed by atoms with Crippen molar-refractivity contribution in [3.8, 4) is 5.75 Å². The van der Waals surface area contributed by atoms with Crippen molar-refractivity contribution in [1.29, 1.82) is 0 Å². The molecule has 2 unspecified atom stereocenters. The van der Waals surface area contributed by atoms with E-state index >= 15 is 0 Å². The van der Waals surface area contributed by atoms with Gasteiger partial charge >= 0.3 is 0 Å². The summed E-state index contributed by atoms with van der Waals surface area (Å²) >= 11 is 0. The van der Waals surface area contributed by atoms with Crippen LogP contribution in [-0.2, 0) is 40.3 Å². The summed E-state index contributed by atoms with van der Waals surface area (Å²) in [6.07, 6.45) is 2.69. The maximum atomic E-state index is 13.9. The molecule has 10 heteroatoms. The molecule has 4 aromatic rings. The number of carbonyl (C=O) groups is 3. The van der Waals surface area contributed by atoms with Crippen LogP contribution < -0.4 is 15.4 Å². The van der Waals surface area contributed by atoms with Crippen molar-refractivity contribution in [2.24, 2.45) is 5.92 Å². The Labute approximate surface area is 242 Å². The maximum absolute atomic E-state index is 13.9. The molecular weight excluding hydrogens is 542 g/mol. The minimum Gasteiger partial charge on any atom is -0.497 e. The zero-order valence-corrected chi connectivity index (χ0v) is 23.4. The summed E-state index contributed by atoms with van der Waals surface area (Å²) < 4.78 is 32.4. The molecular formula is C32H32F2N4O4. The van der Waals surface area contributed by atoms with Gasteiger partial charge in [-0.1, -0.05) is 24.3 Å². The number of benzene rings is 3. The van der Waals surface area contributed by atoms with E-state index in [-0.39, 0.29) is 24.4 Å². The number of hydrogen-bond acceptors (Lipinski definition) is 4. The zero-order valence-electron chi connectivity index (χ0n) is 23.4. The first-order chi connectivity index (χ1) is 20.2. The molecule has 0 saturated heterocycles. The van der Waals surface area contributed by atoms with Crippen LogP contribution in [-0.4, -0.2) is 47.3 Å². The van der Waals surface area contributed by atoms with Gasteiger partial charge in [0.2, 0.25) is 17.7 Å². The Balaban J connectivity index is 1.31. The summed E-state index contributed by atoms with van der Waals surface area (Å²) in [5.74, 6) is -3.43. The van der Waals surface area contributed by atoms with Crippen LogP contribution >= 0.6 is 0 Å². The number of fused-ring (bicyclic) bond motifs is 2. The molecule has 1 aliphatic heterocycles. The molecule has 3 aromatic carbocycles. The normalized spacial score (nSPS) is 14.1. The second-order valence-electron chi connectivity index (χ2n) is 10.5. The molecule has 1 aliphatic rings. The van der Waals surface area contributed by atoms with Crippen LogP contribution in [0.5, 0.6) is 5.75 Å². The van der Waals surface area contributed by atoms with Gasteiger partial charge in [0, 0.05) is 49.2 Å². The lowest BCUT2D eigenvalue weighted by Gasteiger charge is -2.32. The number of H-pyrrole nitrogens is 1. The van der Waals surface area contributed by atoms with E-state index in [2.05, 4.69) is 15.6 Å². The van der Waals surface area contributed by atoms with Crippen molar-refractivity contribution >= 4 is 28.6 Å². The Morgan fingerprint density at radius 2 is 1.76 bits per heavy atom. The van der Waals surface area contributed by atoms with Crippen LogP contribution in [0.15, 0.2) is 66.9 Å². The number of aromatic amines is 1. The van der Waals surface area contributed by atoms with Crippen molar-refractivity contribution in [3.05, 3.63) is 101 Å². The van der Waals surface area contributed by atoms with E-state index in [0.29, 0.717) is 19.5 Å². The van der Waals surface area contributed by atoms with Gasteiger partial charge in [0.15, 0.2) is 0 Å². The fourth-order valence-corrected chi connectivity index (χ4v) is 5.26. The number of carbonyl (C=O) groups excluding carboxylic acids is 3. The largest absolute Gasteiger partial charge is 0.497 e. The molecule has 1 aromatic heterocycles. The molecule has 218 valence electrons. The van der Waals surface area contributed by atoms with Gasteiger partial charge in [0.25, 0.3) is 0 Å². The SMILES string of the molecule is COc1ccc2c(c1)CCN(C(=O)C(Cc1c[nH]c3ccccc13)NC(=O)C(C)C(=O)NCc1cc(F)cc(F)c1)C2. The molecule has 2 heterocycles. The van der Waals surface area contributed by atoms with E-state index in [4.69, 9.17) is 4.74 Å². The standard InChI is InChI=1S/C32H32F2N4O4/c1-19(30(39)36-16-20-11-24(33)15-25(34)12-20)31(40)37-29(14-23-17-35-28-6-4-3-5-27(23)28)32(41)38-10-9-21-13-26(42-2)8-7-22(21)18-38/h3-8,11-13,15,17,19,29,35H,9-10,14,16,18H2,1-2H3,(H,36,39)(H,37,40). The van der Waals surface area contributed by atoms with Gasteiger partial charge < -0.3 is 25.3 Å². The smallest absolute Gasteiger partial charge is 0.245 e. The predicted molar refractivity (Wildman–Crippen MR) is 153 cm³/mol. The topological polar surface area (TPSA) is 104 Å². The van der Waals surface area contributed by atoms with Crippen LogP contribution in [0.25, 0.3) is 10.9 Å². The Morgan fingerprint density at radius 3 is 2.52 bits per heavy atom. The summed E-state index contributed by atoms with van der Waals surface area (Å²) in [5.41, 5.74) is 4.11. The van der Waals surface area contributed by atoms with E-state index in [1.165, 1.54) is 6.92 Å². The monoisotopic (exact) mass is 574 g/mol. The van der Waals surface area contributed by atoms with Crippen molar-refractivity contribution in [2.75, 3.05) is 13.7 Å². The number of aromatic nitrogens is 1. The van der Waals surface area contributed by atoms with Crippen molar-refractivity contribution in [1.82, 2.24) is 20.5 Å². The quantitative estimate of drug-likeness (QED) is 0.263. The fraction of sp³-hybridized carbons (Fsp3) is 0.281. The Hall–Kier alpha value is -4.73. The zero-order chi connectivity index (χ0) is 29.8. The third-order valence-corrected chi connectivity index (χ3v) is 7.63.